The van der Waals surface area contributed by atoms with Crippen molar-refractivity contribution in [1.82, 2.24) is 5.32 Å². The quantitative estimate of drug-likeness (QED) is 0.730. The summed E-state index contributed by atoms with van der Waals surface area (Å²) in [5.41, 5.74) is 1.21. The van der Waals surface area contributed by atoms with Gasteiger partial charge in [-0.1, -0.05) is 34.1 Å². The molecule has 0 fully saturated rings. The number of hydrogen-bond acceptors (Lipinski definition) is 3. The first-order valence-corrected chi connectivity index (χ1v) is 7.88. The fourth-order valence-electron chi connectivity index (χ4n) is 1.94. The second kappa shape index (κ2) is 8.70. The van der Waals surface area contributed by atoms with Crippen LogP contribution in [0.4, 0.5) is 0 Å². The predicted molar refractivity (Wildman–Crippen MR) is 89.0 cm³/mol. The van der Waals surface area contributed by atoms with Gasteiger partial charge in [0.05, 0.1) is 6.61 Å². The third-order valence-electron chi connectivity index (χ3n) is 2.88. The lowest BCUT2D eigenvalue weighted by Gasteiger charge is -2.09. The monoisotopic (exact) mass is 349 g/mol. The van der Waals surface area contributed by atoms with Crippen molar-refractivity contribution in [3.63, 3.8) is 0 Å². The molecule has 112 valence electrons. The highest BCUT2D eigenvalue weighted by atomic mass is 79.9. The van der Waals surface area contributed by atoms with Crippen LogP contribution >= 0.6 is 15.9 Å². The van der Waals surface area contributed by atoms with E-state index in [9.17, 15) is 0 Å². The Morgan fingerprint density at radius 3 is 2.52 bits per heavy atom. The number of hydrogen-bond donors (Lipinski definition) is 1. The number of nitrogens with one attached hydrogen (secondary N) is 1. The summed E-state index contributed by atoms with van der Waals surface area (Å²) in [6.07, 6.45) is 0. The molecule has 2 aromatic carbocycles. The average Bonchev–Trinajstić information content (AvgIpc) is 2.48. The molecule has 0 saturated heterocycles. The molecule has 0 saturated carbocycles. The Hall–Kier alpha value is -1.52. The molecule has 0 aliphatic carbocycles. The summed E-state index contributed by atoms with van der Waals surface area (Å²) in [6, 6.07) is 16.0. The smallest absolute Gasteiger partial charge is 0.120 e. The molecule has 0 aliphatic heterocycles. The summed E-state index contributed by atoms with van der Waals surface area (Å²) < 4.78 is 12.2. The summed E-state index contributed by atoms with van der Waals surface area (Å²) in [5, 5.41) is 3.36. The van der Waals surface area contributed by atoms with Crippen molar-refractivity contribution in [2.75, 3.05) is 19.8 Å². The summed E-state index contributed by atoms with van der Waals surface area (Å²) in [7, 11) is 0. The summed E-state index contributed by atoms with van der Waals surface area (Å²) in [4.78, 5) is 0. The maximum absolute atomic E-state index is 5.67. The normalized spacial score (nSPS) is 10.4. The van der Waals surface area contributed by atoms with Gasteiger partial charge in [0.1, 0.15) is 18.1 Å². The zero-order valence-electron chi connectivity index (χ0n) is 12.1. The van der Waals surface area contributed by atoms with Crippen LogP contribution in [0.3, 0.4) is 0 Å². The van der Waals surface area contributed by atoms with Crippen LogP contribution < -0.4 is 14.8 Å². The van der Waals surface area contributed by atoms with Crippen molar-refractivity contribution in [3.05, 3.63) is 58.6 Å². The fourth-order valence-corrected chi connectivity index (χ4v) is 2.32. The SMILES string of the molecule is CCOc1cccc(CNCCOc2cccc(Br)c2)c1. The third kappa shape index (κ3) is 5.78. The second-order valence-corrected chi connectivity index (χ2v) is 5.48. The third-order valence-corrected chi connectivity index (χ3v) is 3.38. The van der Waals surface area contributed by atoms with Crippen LogP contribution in [-0.4, -0.2) is 19.8 Å². The van der Waals surface area contributed by atoms with Crippen molar-refractivity contribution >= 4 is 15.9 Å². The van der Waals surface area contributed by atoms with Crippen molar-refractivity contribution in [2.45, 2.75) is 13.5 Å². The van der Waals surface area contributed by atoms with Gasteiger partial charge < -0.3 is 14.8 Å². The van der Waals surface area contributed by atoms with Crippen LogP contribution in [-0.2, 0) is 6.54 Å². The Balaban J connectivity index is 1.69. The molecule has 2 aromatic rings. The van der Waals surface area contributed by atoms with Gasteiger partial charge >= 0.3 is 0 Å². The van der Waals surface area contributed by atoms with E-state index in [0.717, 1.165) is 29.1 Å². The summed E-state index contributed by atoms with van der Waals surface area (Å²) in [6.45, 7) is 4.93. The predicted octanol–water partition coefficient (Wildman–Crippen LogP) is 4.02. The molecular formula is C17H20BrNO2. The maximum Gasteiger partial charge on any atom is 0.120 e. The Labute approximate surface area is 134 Å². The Morgan fingerprint density at radius 2 is 1.76 bits per heavy atom. The largest absolute Gasteiger partial charge is 0.494 e. The van der Waals surface area contributed by atoms with E-state index >= 15 is 0 Å². The molecule has 0 heterocycles. The second-order valence-electron chi connectivity index (χ2n) is 4.56. The van der Waals surface area contributed by atoms with Gasteiger partial charge in [-0.2, -0.15) is 0 Å². The van der Waals surface area contributed by atoms with E-state index in [4.69, 9.17) is 9.47 Å². The number of ether oxygens (including phenoxy) is 2. The van der Waals surface area contributed by atoms with Crippen LogP contribution in [0.1, 0.15) is 12.5 Å². The van der Waals surface area contributed by atoms with Crippen molar-refractivity contribution in [2.24, 2.45) is 0 Å². The van der Waals surface area contributed by atoms with Crippen LogP contribution in [0, 0.1) is 0 Å². The first kappa shape index (κ1) is 15.9. The lowest BCUT2D eigenvalue weighted by molar-refractivity contribution is 0.313. The van der Waals surface area contributed by atoms with Crippen LogP contribution in [0.5, 0.6) is 11.5 Å². The first-order valence-electron chi connectivity index (χ1n) is 7.09. The van der Waals surface area contributed by atoms with E-state index in [1.807, 2.05) is 43.3 Å². The molecule has 0 spiro atoms. The number of benzene rings is 2. The van der Waals surface area contributed by atoms with Gasteiger partial charge in [-0.25, -0.2) is 0 Å². The minimum Gasteiger partial charge on any atom is -0.494 e. The molecule has 1 N–H and O–H groups in total. The van der Waals surface area contributed by atoms with Crippen molar-refractivity contribution < 1.29 is 9.47 Å². The zero-order valence-corrected chi connectivity index (χ0v) is 13.7. The molecule has 0 bridgehead atoms. The highest BCUT2D eigenvalue weighted by molar-refractivity contribution is 9.10. The topological polar surface area (TPSA) is 30.5 Å². The molecule has 0 radical (unpaired) electrons. The molecule has 0 aliphatic rings. The van der Waals surface area contributed by atoms with Gasteiger partial charge in [-0.05, 0) is 42.8 Å². The molecule has 0 unspecified atom stereocenters. The van der Waals surface area contributed by atoms with Crippen LogP contribution in [0.15, 0.2) is 53.0 Å². The molecule has 0 amide bonds. The molecule has 3 nitrogen and oxygen atoms in total. The molecule has 4 heteroatoms. The van der Waals surface area contributed by atoms with Gasteiger partial charge in [-0.15, -0.1) is 0 Å². The lowest BCUT2D eigenvalue weighted by Crippen LogP contribution is -2.20. The van der Waals surface area contributed by atoms with Crippen LogP contribution in [0.25, 0.3) is 0 Å². The zero-order chi connectivity index (χ0) is 14.9. The first-order chi connectivity index (χ1) is 10.3. The average molecular weight is 350 g/mol. The minimum absolute atomic E-state index is 0.640. The van der Waals surface area contributed by atoms with E-state index in [0.29, 0.717) is 13.2 Å². The molecular weight excluding hydrogens is 330 g/mol. The van der Waals surface area contributed by atoms with Crippen molar-refractivity contribution in [3.8, 4) is 11.5 Å². The number of halogens is 1. The van der Waals surface area contributed by atoms with E-state index in [1.165, 1.54) is 5.56 Å². The van der Waals surface area contributed by atoms with Gasteiger partial charge in [0.15, 0.2) is 0 Å². The Morgan fingerprint density at radius 1 is 1.00 bits per heavy atom. The van der Waals surface area contributed by atoms with Crippen LogP contribution in [0.2, 0.25) is 0 Å². The maximum atomic E-state index is 5.67. The highest BCUT2D eigenvalue weighted by Crippen LogP contribution is 2.17. The highest BCUT2D eigenvalue weighted by Gasteiger charge is 1.97. The van der Waals surface area contributed by atoms with E-state index in [-0.39, 0.29) is 0 Å². The fraction of sp³-hybridized carbons (Fsp3) is 0.294. The molecule has 0 aromatic heterocycles. The molecule has 21 heavy (non-hydrogen) atoms. The van der Waals surface area contributed by atoms with Gasteiger partial charge in [0, 0.05) is 17.6 Å². The van der Waals surface area contributed by atoms with Gasteiger partial charge in [0.25, 0.3) is 0 Å². The van der Waals surface area contributed by atoms with E-state index in [2.05, 4.69) is 33.4 Å². The Kier molecular flexibility index (Phi) is 6.57. The lowest BCUT2D eigenvalue weighted by atomic mass is 10.2. The molecule has 0 atom stereocenters. The van der Waals surface area contributed by atoms with Crippen molar-refractivity contribution in [1.29, 1.82) is 0 Å². The summed E-state index contributed by atoms with van der Waals surface area (Å²) in [5.74, 6) is 1.80. The van der Waals surface area contributed by atoms with E-state index in [1.54, 1.807) is 0 Å². The summed E-state index contributed by atoms with van der Waals surface area (Å²) >= 11 is 3.43. The Bertz CT molecular complexity index is 560. The van der Waals surface area contributed by atoms with Gasteiger partial charge in [0.2, 0.25) is 0 Å². The number of rotatable bonds is 8. The standard InChI is InChI=1S/C17H20BrNO2/c1-2-20-16-7-3-5-14(11-16)13-19-9-10-21-17-8-4-6-15(18)12-17/h3-8,11-12,19H,2,9-10,13H2,1H3. The van der Waals surface area contributed by atoms with Gasteiger partial charge in [-0.3, -0.25) is 0 Å². The molecule has 2 rings (SSSR count). The van der Waals surface area contributed by atoms with E-state index < -0.39 is 0 Å². The minimum atomic E-state index is 0.640.